The summed E-state index contributed by atoms with van der Waals surface area (Å²) < 4.78 is 0. The van der Waals surface area contributed by atoms with Crippen molar-refractivity contribution in [1.29, 1.82) is 0 Å². The SMILES string of the molecule is CN(C(=O)c1ccccc1)c1ccnc(=O)[nH]1. The Balaban J connectivity index is 2.30. The molecule has 0 unspecified atom stereocenters. The predicted molar refractivity (Wildman–Crippen MR) is 64.0 cm³/mol. The molecule has 0 aliphatic carbocycles. The summed E-state index contributed by atoms with van der Waals surface area (Å²) in [4.78, 5) is 30.5. The van der Waals surface area contributed by atoms with E-state index in [-0.39, 0.29) is 5.91 Å². The Labute approximate surface area is 97.7 Å². The lowest BCUT2D eigenvalue weighted by Crippen LogP contribution is -2.29. The topological polar surface area (TPSA) is 66.1 Å². The Bertz CT molecular complexity index is 578. The minimum atomic E-state index is -0.477. The number of amides is 1. The van der Waals surface area contributed by atoms with Crippen LogP contribution in [0.3, 0.4) is 0 Å². The van der Waals surface area contributed by atoms with Crippen LogP contribution in [0, 0.1) is 0 Å². The third-order valence-electron chi connectivity index (χ3n) is 2.35. The molecule has 0 radical (unpaired) electrons. The molecule has 1 amide bonds. The van der Waals surface area contributed by atoms with Gasteiger partial charge in [-0.05, 0) is 18.2 Å². The minimum absolute atomic E-state index is 0.188. The second kappa shape index (κ2) is 4.61. The van der Waals surface area contributed by atoms with E-state index in [1.165, 1.54) is 11.1 Å². The summed E-state index contributed by atoms with van der Waals surface area (Å²) in [7, 11) is 1.60. The van der Waals surface area contributed by atoms with Crippen molar-refractivity contribution in [2.24, 2.45) is 0 Å². The van der Waals surface area contributed by atoms with Gasteiger partial charge in [0.1, 0.15) is 5.82 Å². The van der Waals surface area contributed by atoms with Gasteiger partial charge in [0.2, 0.25) is 0 Å². The molecule has 0 saturated carbocycles. The van der Waals surface area contributed by atoms with Crippen LogP contribution in [0.5, 0.6) is 0 Å². The first-order valence-electron chi connectivity index (χ1n) is 5.07. The Hall–Kier alpha value is -2.43. The van der Waals surface area contributed by atoms with E-state index >= 15 is 0 Å². The van der Waals surface area contributed by atoms with Gasteiger partial charge in [-0.15, -0.1) is 0 Å². The van der Waals surface area contributed by atoms with Crippen LogP contribution in [0.15, 0.2) is 47.4 Å². The number of carbonyl (C=O) groups excluding carboxylic acids is 1. The molecule has 0 saturated heterocycles. The molecule has 17 heavy (non-hydrogen) atoms. The number of carbonyl (C=O) groups is 1. The number of benzene rings is 1. The van der Waals surface area contributed by atoms with Crippen LogP contribution in [0.4, 0.5) is 5.82 Å². The van der Waals surface area contributed by atoms with Gasteiger partial charge >= 0.3 is 5.69 Å². The highest BCUT2D eigenvalue weighted by atomic mass is 16.2. The van der Waals surface area contributed by atoms with Crippen LogP contribution in [-0.2, 0) is 0 Å². The molecule has 5 heteroatoms. The van der Waals surface area contributed by atoms with Gasteiger partial charge in [0, 0.05) is 18.8 Å². The summed E-state index contributed by atoms with van der Waals surface area (Å²) in [5, 5.41) is 0. The van der Waals surface area contributed by atoms with E-state index in [0.717, 1.165) is 0 Å². The zero-order chi connectivity index (χ0) is 12.3. The highest BCUT2D eigenvalue weighted by molar-refractivity contribution is 6.05. The second-order valence-electron chi connectivity index (χ2n) is 3.49. The predicted octanol–water partition coefficient (Wildman–Crippen LogP) is 1.05. The van der Waals surface area contributed by atoms with Crippen molar-refractivity contribution in [2.45, 2.75) is 0 Å². The third kappa shape index (κ3) is 2.39. The van der Waals surface area contributed by atoms with Crippen LogP contribution in [0.1, 0.15) is 10.4 Å². The molecule has 0 spiro atoms. The lowest BCUT2D eigenvalue weighted by molar-refractivity contribution is 0.0992. The first-order chi connectivity index (χ1) is 8.18. The van der Waals surface area contributed by atoms with Crippen molar-refractivity contribution in [1.82, 2.24) is 9.97 Å². The number of anilines is 1. The van der Waals surface area contributed by atoms with Crippen LogP contribution < -0.4 is 10.6 Å². The van der Waals surface area contributed by atoms with E-state index in [4.69, 9.17) is 0 Å². The molecule has 1 aromatic carbocycles. The summed E-state index contributed by atoms with van der Waals surface area (Å²) in [6.45, 7) is 0. The van der Waals surface area contributed by atoms with Gasteiger partial charge in [-0.3, -0.25) is 14.7 Å². The Morgan fingerprint density at radius 3 is 2.59 bits per heavy atom. The second-order valence-corrected chi connectivity index (χ2v) is 3.49. The fourth-order valence-electron chi connectivity index (χ4n) is 1.44. The largest absolute Gasteiger partial charge is 0.346 e. The first kappa shape index (κ1) is 11.1. The van der Waals surface area contributed by atoms with Gasteiger partial charge in [-0.2, -0.15) is 0 Å². The molecule has 5 nitrogen and oxygen atoms in total. The maximum Gasteiger partial charge on any atom is 0.346 e. The average Bonchev–Trinajstić information content (AvgIpc) is 2.38. The zero-order valence-corrected chi connectivity index (χ0v) is 9.25. The summed E-state index contributed by atoms with van der Waals surface area (Å²) in [5.41, 5.74) is 0.0860. The summed E-state index contributed by atoms with van der Waals surface area (Å²) in [5.74, 6) is 0.228. The Morgan fingerprint density at radius 1 is 1.24 bits per heavy atom. The molecule has 1 aromatic heterocycles. The molecular formula is C12H11N3O2. The number of nitrogens with zero attached hydrogens (tertiary/aromatic N) is 2. The molecule has 2 aromatic rings. The maximum absolute atomic E-state index is 12.0. The number of hydrogen-bond donors (Lipinski definition) is 1. The van der Waals surface area contributed by atoms with Crippen LogP contribution in [-0.4, -0.2) is 22.9 Å². The smallest absolute Gasteiger partial charge is 0.297 e. The molecule has 0 atom stereocenters. The highest BCUT2D eigenvalue weighted by Gasteiger charge is 2.13. The van der Waals surface area contributed by atoms with Crippen LogP contribution in [0.25, 0.3) is 0 Å². The molecule has 0 fully saturated rings. The van der Waals surface area contributed by atoms with E-state index in [9.17, 15) is 9.59 Å². The Morgan fingerprint density at radius 2 is 1.94 bits per heavy atom. The maximum atomic E-state index is 12.0. The molecule has 86 valence electrons. The van der Waals surface area contributed by atoms with E-state index in [1.807, 2.05) is 6.07 Å². The summed E-state index contributed by atoms with van der Waals surface area (Å²) >= 11 is 0. The van der Waals surface area contributed by atoms with Gasteiger partial charge in [-0.25, -0.2) is 9.78 Å². The van der Waals surface area contributed by atoms with Crippen LogP contribution >= 0.6 is 0 Å². The number of H-pyrrole nitrogens is 1. The number of aromatic nitrogens is 2. The molecule has 0 bridgehead atoms. The monoisotopic (exact) mass is 229 g/mol. The fraction of sp³-hybridized carbons (Fsp3) is 0.0833. The van der Waals surface area contributed by atoms with Gasteiger partial charge in [0.15, 0.2) is 0 Å². The minimum Gasteiger partial charge on any atom is -0.297 e. The van der Waals surface area contributed by atoms with Gasteiger partial charge in [0.05, 0.1) is 0 Å². The van der Waals surface area contributed by atoms with Crippen molar-refractivity contribution in [3.8, 4) is 0 Å². The van der Waals surface area contributed by atoms with E-state index in [0.29, 0.717) is 11.4 Å². The van der Waals surface area contributed by atoms with Crippen molar-refractivity contribution in [2.75, 3.05) is 11.9 Å². The summed E-state index contributed by atoms with van der Waals surface area (Å²) in [6, 6.07) is 10.4. The van der Waals surface area contributed by atoms with E-state index < -0.39 is 5.69 Å². The summed E-state index contributed by atoms with van der Waals surface area (Å²) in [6.07, 6.45) is 1.36. The lowest BCUT2D eigenvalue weighted by Gasteiger charge is -2.16. The molecule has 0 aliphatic rings. The zero-order valence-electron chi connectivity index (χ0n) is 9.25. The number of hydrogen-bond acceptors (Lipinski definition) is 3. The third-order valence-corrected chi connectivity index (χ3v) is 2.35. The number of rotatable bonds is 2. The Kier molecular flexibility index (Phi) is 3.00. The standard InChI is InChI=1S/C12H11N3O2/c1-15(10-7-8-13-12(17)14-10)11(16)9-5-3-2-4-6-9/h2-8H,1H3,(H,13,14,17). The molecule has 1 heterocycles. The van der Waals surface area contributed by atoms with Crippen molar-refractivity contribution in [3.63, 3.8) is 0 Å². The van der Waals surface area contributed by atoms with Gasteiger partial charge < -0.3 is 0 Å². The normalized spacial score (nSPS) is 9.94. The molecule has 2 rings (SSSR count). The van der Waals surface area contributed by atoms with Gasteiger partial charge in [0.25, 0.3) is 5.91 Å². The number of aromatic amines is 1. The number of nitrogens with one attached hydrogen (secondary N) is 1. The van der Waals surface area contributed by atoms with Gasteiger partial charge in [-0.1, -0.05) is 18.2 Å². The lowest BCUT2D eigenvalue weighted by atomic mass is 10.2. The van der Waals surface area contributed by atoms with Crippen molar-refractivity contribution in [3.05, 3.63) is 58.6 Å². The first-order valence-corrected chi connectivity index (χ1v) is 5.07. The molecule has 0 aliphatic heterocycles. The quantitative estimate of drug-likeness (QED) is 0.836. The van der Waals surface area contributed by atoms with Crippen molar-refractivity contribution < 1.29 is 4.79 Å². The van der Waals surface area contributed by atoms with Crippen LogP contribution in [0.2, 0.25) is 0 Å². The highest BCUT2D eigenvalue weighted by Crippen LogP contribution is 2.09. The molecule has 1 N–H and O–H groups in total. The average molecular weight is 229 g/mol. The van der Waals surface area contributed by atoms with E-state index in [2.05, 4.69) is 9.97 Å². The molecular weight excluding hydrogens is 218 g/mol. The van der Waals surface area contributed by atoms with Crippen molar-refractivity contribution >= 4 is 11.7 Å². The van der Waals surface area contributed by atoms with E-state index in [1.54, 1.807) is 37.4 Å². The fourth-order valence-corrected chi connectivity index (χ4v) is 1.44.